The van der Waals surface area contributed by atoms with Crippen LogP contribution in [0.2, 0.25) is 5.02 Å². The monoisotopic (exact) mass is 618 g/mol. The fraction of sp³-hybridized carbons (Fsp3) is 0.276. The smallest absolute Gasteiger partial charge is 0.258 e. The molecule has 43 heavy (non-hydrogen) atoms. The molecular formula is C29H26ClF3N4O6. The Morgan fingerprint density at radius 3 is 2.47 bits per heavy atom. The van der Waals surface area contributed by atoms with E-state index in [-0.39, 0.29) is 11.3 Å². The van der Waals surface area contributed by atoms with Crippen LogP contribution in [0.3, 0.4) is 0 Å². The van der Waals surface area contributed by atoms with Crippen LogP contribution in [0.15, 0.2) is 66.9 Å². The van der Waals surface area contributed by atoms with Gasteiger partial charge < -0.3 is 29.3 Å². The highest BCUT2D eigenvalue weighted by Gasteiger charge is 2.50. The quantitative estimate of drug-likeness (QED) is 0.283. The molecule has 1 aliphatic rings. The lowest BCUT2D eigenvalue weighted by Gasteiger charge is -2.43. The lowest BCUT2D eigenvalue weighted by molar-refractivity contribution is -0.211. The molecule has 2 heterocycles. The van der Waals surface area contributed by atoms with E-state index >= 15 is 0 Å². The van der Waals surface area contributed by atoms with Crippen LogP contribution in [0.5, 0.6) is 11.5 Å². The summed E-state index contributed by atoms with van der Waals surface area (Å²) in [5, 5.41) is 29.3. The summed E-state index contributed by atoms with van der Waals surface area (Å²) in [5.41, 5.74) is 0.135. The first-order valence-electron chi connectivity index (χ1n) is 13.0. The van der Waals surface area contributed by atoms with Gasteiger partial charge in [-0.25, -0.2) is 17.9 Å². The zero-order valence-electron chi connectivity index (χ0n) is 22.8. The van der Waals surface area contributed by atoms with E-state index in [1.165, 1.54) is 31.3 Å². The van der Waals surface area contributed by atoms with Gasteiger partial charge in [-0.1, -0.05) is 35.0 Å². The van der Waals surface area contributed by atoms with E-state index in [2.05, 4.69) is 10.3 Å². The molecule has 0 aliphatic carbocycles. The molecule has 0 radical (unpaired) electrons. The lowest BCUT2D eigenvalue weighted by Crippen LogP contribution is -2.60. The highest BCUT2D eigenvalue weighted by molar-refractivity contribution is 6.31. The molecule has 1 fully saturated rings. The van der Waals surface area contributed by atoms with Crippen molar-refractivity contribution >= 4 is 23.2 Å². The van der Waals surface area contributed by atoms with Gasteiger partial charge in [0.2, 0.25) is 0 Å². The zero-order chi connectivity index (χ0) is 30.8. The van der Waals surface area contributed by atoms with Gasteiger partial charge in [0, 0.05) is 24.7 Å². The number of likely N-dealkylation sites (N-methyl/N-ethyl adjacent to an activating group) is 1. The van der Waals surface area contributed by atoms with Gasteiger partial charge in [0.1, 0.15) is 35.8 Å². The second-order valence-electron chi connectivity index (χ2n) is 9.72. The maximum atomic E-state index is 14.0. The lowest BCUT2D eigenvalue weighted by atomic mass is 9.91. The summed E-state index contributed by atoms with van der Waals surface area (Å²) in [6.07, 6.45) is -4.05. The van der Waals surface area contributed by atoms with E-state index in [0.717, 1.165) is 16.8 Å². The van der Waals surface area contributed by atoms with Crippen LogP contribution in [0, 0.1) is 17.5 Å². The molecule has 4 aromatic rings. The maximum Gasteiger partial charge on any atom is 0.258 e. The minimum atomic E-state index is -1.64. The Labute approximate surface area is 248 Å². The van der Waals surface area contributed by atoms with Crippen LogP contribution in [0.25, 0.3) is 11.3 Å². The Bertz CT molecular complexity index is 1590. The Hall–Kier alpha value is -4.01. The molecule has 10 nitrogen and oxygen atoms in total. The number of benzene rings is 3. The average Bonchev–Trinajstić information content (AvgIpc) is 3.50. The number of aliphatic hydroxyl groups excluding tert-OH is 2. The van der Waals surface area contributed by atoms with Crippen LogP contribution in [0.4, 0.5) is 18.9 Å². The number of anilines is 1. The third kappa shape index (κ3) is 6.08. The fourth-order valence-electron chi connectivity index (χ4n) is 4.88. The zero-order valence-corrected chi connectivity index (χ0v) is 23.5. The number of carbonyl (C=O) groups is 1. The Morgan fingerprint density at radius 1 is 1.12 bits per heavy atom. The Morgan fingerprint density at radius 2 is 1.81 bits per heavy atom. The fourth-order valence-corrected chi connectivity index (χ4v) is 5.05. The van der Waals surface area contributed by atoms with Crippen molar-refractivity contribution in [1.29, 1.82) is 0 Å². The maximum absolute atomic E-state index is 14.0. The van der Waals surface area contributed by atoms with E-state index in [4.69, 9.17) is 25.8 Å². The first kappa shape index (κ1) is 30.4. The van der Waals surface area contributed by atoms with Gasteiger partial charge in [0.15, 0.2) is 29.3 Å². The van der Waals surface area contributed by atoms with Crippen LogP contribution in [0.1, 0.15) is 6.04 Å². The van der Waals surface area contributed by atoms with Crippen molar-refractivity contribution in [2.75, 3.05) is 25.7 Å². The molecule has 1 saturated heterocycles. The summed E-state index contributed by atoms with van der Waals surface area (Å²) >= 11 is 6.26. The van der Waals surface area contributed by atoms with Gasteiger partial charge in [-0.2, -0.15) is 0 Å². The van der Waals surface area contributed by atoms with Crippen molar-refractivity contribution in [3.05, 3.63) is 89.3 Å². The minimum Gasteiger partial charge on any atom is -0.455 e. The van der Waals surface area contributed by atoms with E-state index in [9.17, 15) is 28.2 Å². The molecule has 0 saturated carbocycles. The SMILES string of the molecule is CO[C@@H]1[C@@H](n2cc(-c3cc(F)c(F)c(F)c3)nn2)[C@@H](O)[C@@H](CO)O[C@H]1C(=O)N(C)c1cc(Cl)ccc1Oc1ccccc1. The number of methoxy groups -OCH3 is 1. The van der Waals surface area contributed by atoms with Crippen molar-refractivity contribution in [1.82, 2.24) is 15.0 Å². The highest BCUT2D eigenvalue weighted by atomic mass is 35.5. The molecule has 0 unspecified atom stereocenters. The number of rotatable bonds is 8. The molecule has 5 atom stereocenters. The highest BCUT2D eigenvalue weighted by Crippen LogP contribution is 2.38. The van der Waals surface area contributed by atoms with Gasteiger partial charge in [-0.3, -0.25) is 4.79 Å². The normalized spacial score (nSPS) is 21.9. The first-order valence-corrected chi connectivity index (χ1v) is 13.3. The van der Waals surface area contributed by atoms with Crippen molar-refractivity contribution in [3.63, 3.8) is 0 Å². The summed E-state index contributed by atoms with van der Waals surface area (Å²) in [6.45, 7) is -0.670. The number of aliphatic hydroxyl groups is 2. The van der Waals surface area contributed by atoms with Crippen LogP contribution >= 0.6 is 11.6 Å². The summed E-state index contributed by atoms with van der Waals surface area (Å²) in [6, 6.07) is 14.0. The molecule has 1 amide bonds. The molecule has 3 aromatic carbocycles. The van der Waals surface area contributed by atoms with Crippen molar-refractivity contribution in [2.45, 2.75) is 30.5 Å². The molecule has 5 rings (SSSR count). The molecule has 14 heteroatoms. The van der Waals surface area contributed by atoms with Gasteiger partial charge in [0.05, 0.1) is 18.5 Å². The summed E-state index contributed by atoms with van der Waals surface area (Å²) < 4.78 is 59.8. The second kappa shape index (κ2) is 12.7. The van der Waals surface area contributed by atoms with E-state index < -0.39 is 60.4 Å². The average molecular weight is 619 g/mol. The van der Waals surface area contributed by atoms with Crippen LogP contribution in [-0.4, -0.2) is 76.3 Å². The van der Waals surface area contributed by atoms with Gasteiger partial charge >= 0.3 is 0 Å². The number of amides is 1. The molecule has 1 aromatic heterocycles. The van der Waals surface area contributed by atoms with E-state index in [1.807, 2.05) is 6.07 Å². The number of nitrogens with zero attached hydrogens (tertiary/aromatic N) is 4. The standard InChI is InChI=1S/C29H26ClF3N4O6/c1-36(21-12-16(30)8-9-22(21)42-17-6-4-3-5-7-17)29(40)28-27(41-2)25(26(39)23(14-38)43-28)37-13-20(34-35-37)15-10-18(31)24(33)19(32)11-15/h3-13,23,25-28,38-39H,14H2,1-2H3/t23-,25+,26+,27-,28-/m1/s1. The molecule has 2 N–H and O–H groups in total. The molecule has 0 bridgehead atoms. The number of hydrogen-bond acceptors (Lipinski definition) is 8. The molecule has 226 valence electrons. The number of hydrogen-bond donors (Lipinski definition) is 2. The van der Waals surface area contributed by atoms with E-state index in [1.54, 1.807) is 36.4 Å². The number of carbonyl (C=O) groups excluding carboxylic acids is 1. The Kier molecular flexibility index (Phi) is 8.99. The predicted molar refractivity (Wildman–Crippen MR) is 148 cm³/mol. The van der Waals surface area contributed by atoms with Crippen molar-refractivity contribution in [3.8, 4) is 22.8 Å². The number of para-hydroxylation sites is 1. The first-order chi connectivity index (χ1) is 20.6. The summed E-state index contributed by atoms with van der Waals surface area (Å²) in [7, 11) is 2.76. The van der Waals surface area contributed by atoms with Gasteiger partial charge in [-0.05, 0) is 42.5 Å². The number of ether oxygens (including phenoxy) is 3. The number of aromatic nitrogens is 3. The third-order valence-electron chi connectivity index (χ3n) is 7.06. The molecule has 1 aliphatic heterocycles. The summed E-state index contributed by atoms with van der Waals surface area (Å²) in [4.78, 5) is 15.2. The largest absolute Gasteiger partial charge is 0.455 e. The van der Waals surface area contributed by atoms with Crippen LogP contribution in [-0.2, 0) is 14.3 Å². The van der Waals surface area contributed by atoms with Gasteiger partial charge in [0.25, 0.3) is 5.91 Å². The molecule has 0 spiro atoms. The number of halogens is 4. The summed E-state index contributed by atoms with van der Waals surface area (Å²) in [5.74, 6) is -4.28. The molecular weight excluding hydrogens is 593 g/mol. The van der Waals surface area contributed by atoms with Crippen molar-refractivity contribution in [2.24, 2.45) is 0 Å². The topological polar surface area (TPSA) is 119 Å². The Balaban J connectivity index is 1.48. The predicted octanol–water partition coefficient (Wildman–Crippen LogP) is 4.15. The van der Waals surface area contributed by atoms with Gasteiger partial charge in [-0.15, -0.1) is 5.10 Å². The third-order valence-corrected chi connectivity index (χ3v) is 7.30. The van der Waals surface area contributed by atoms with Crippen molar-refractivity contribution < 1.29 is 42.4 Å². The van der Waals surface area contributed by atoms with Crippen LogP contribution < -0.4 is 9.64 Å². The van der Waals surface area contributed by atoms with E-state index in [0.29, 0.717) is 22.2 Å². The second-order valence-corrected chi connectivity index (χ2v) is 10.2. The minimum absolute atomic E-state index is 0.0477.